The van der Waals surface area contributed by atoms with E-state index in [9.17, 15) is 9.59 Å². The van der Waals surface area contributed by atoms with Crippen LogP contribution in [0, 0.1) is 0 Å². The maximum absolute atomic E-state index is 12.5. The number of hydrogen-bond donors (Lipinski definition) is 3. The van der Waals surface area contributed by atoms with Gasteiger partial charge in [-0.25, -0.2) is 0 Å². The monoisotopic (exact) mass is 387 g/mol. The molecule has 4 rings (SSSR count). The highest BCUT2D eigenvalue weighted by molar-refractivity contribution is 8.01. The molecule has 0 unspecified atom stereocenters. The Hall–Kier alpha value is -1.83. The second-order valence-corrected chi connectivity index (χ2v) is 9.25. The molecule has 7 heteroatoms. The van der Waals surface area contributed by atoms with Gasteiger partial charge in [0.2, 0.25) is 5.91 Å². The summed E-state index contributed by atoms with van der Waals surface area (Å²) in [4.78, 5) is 25.5. The molecule has 1 aromatic carbocycles. The average molecular weight is 388 g/mol. The third-order valence-electron chi connectivity index (χ3n) is 4.79. The number of benzene rings is 1. The van der Waals surface area contributed by atoms with Crippen LogP contribution in [-0.2, 0) is 4.79 Å². The molecule has 3 heterocycles. The van der Waals surface area contributed by atoms with E-state index in [2.05, 4.69) is 16.0 Å². The van der Waals surface area contributed by atoms with E-state index >= 15 is 0 Å². The molecule has 2 bridgehead atoms. The largest absolute Gasteiger partial charge is 0.347 e. The van der Waals surface area contributed by atoms with Crippen LogP contribution in [0.25, 0.3) is 0 Å². The summed E-state index contributed by atoms with van der Waals surface area (Å²) in [5.74, 6) is -0.0643. The van der Waals surface area contributed by atoms with Crippen molar-refractivity contribution < 1.29 is 9.59 Å². The van der Waals surface area contributed by atoms with E-state index < -0.39 is 0 Å². The highest BCUT2D eigenvalue weighted by atomic mass is 32.2. The Balaban J connectivity index is 1.38. The summed E-state index contributed by atoms with van der Waals surface area (Å²) < 4.78 is 1.06. The summed E-state index contributed by atoms with van der Waals surface area (Å²) >= 11 is 3.10. The normalized spacial score (nSPS) is 23.8. The Labute approximate surface area is 160 Å². The Kier molecular flexibility index (Phi) is 5.02. The predicted molar refractivity (Wildman–Crippen MR) is 105 cm³/mol. The van der Waals surface area contributed by atoms with E-state index in [-0.39, 0.29) is 17.9 Å². The molecule has 0 spiro atoms. The van der Waals surface area contributed by atoms with Crippen molar-refractivity contribution >= 4 is 40.6 Å². The van der Waals surface area contributed by atoms with Gasteiger partial charge in [0.25, 0.3) is 5.91 Å². The van der Waals surface area contributed by atoms with Crippen LogP contribution in [0.5, 0.6) is 0 Å². The lowest BCUT2D eigenvalue weighted by Crippen LogP contribution is -2.42. The lowest BCUT2D eigenvalue weighted by Gasteiger charge is -2.20. The predicted octanol–water partition coefficient (Wildman–Crippen LogP) is 3.48. The van der Waals surface area contributed by atoms with Crippen molar-refractivity contribution in [1.82, 2.24) is 10.6 Å². The first-order chi connectivity index (χ1) is 12.6. The maximum atomic E-state index is 12.5. The average Bonchev–Trinajstić information content (AvgIpc) is 3.31. The third kappa shape index (κ3) is 3.95. The fourth-order valence-corrected chi connectivity index (χ4v) is 5.74. The molecule has 0 saturated carbocycles. The minimum Gasteiger partial charge on any atom is -0.347 e. The van der Waals surface area contributed by atoms with Crippen molar-refractivity contribution in [1.29, 1.82) is 0 Å². The molecule has 3 N–H and O–H groups in total. The highest BCUT2D eigenvalue weighted by Gasteiger charge is 2.39. The number of thiophene rings is 1. The van der Waals surface area contributed by atoms with Gasteiger partial charge >= 0.3 is 0 Å². The van der Waals surface area contributed by atoms with Gasteiger partial charge in [0.05, 0.1) is 9.09 Å². The molecule has 2 saturated heterocycles. The fourth-order valence-electron chi connectivity index (χ4n) is 3.68. The van der Waals surface area contributed by atoms with Gasteiger partial charge in [-0.15, -0.1) is 11.3 Å². The molecule has 2 fully saturated rings. The summed E-state index contributed by atoms with van der Waals surface area (Å²) in [6.07, 6.45) is 3.43. The number of fused-ring (bicyclic) bond motifs is 2. The quantitative estimate of drug-likeness (QED) is 0.735. The zero-order valence-electron chi connectivity index (χ0n) is 14.5. The lowest BCUT2D eigenvalue weighted by atomic mass is 9.95. The Morgan fingerprint density at radius 1 is 1.23 bits per heavy atom. The van der Waals surface area contributed by atoms with Crippen molar-refractivity contribution in [2.75, 3.05) is 5.32 Å². The zero-order valence-corrected chi connectivity index (χ0v) is 16.1. The van der Waals surface area contributed by atoms with Gasteiger partial charge in [0.15, 0.2) is 0 Å². The molecule has 26 heavy (non-hydrogen) atoms. The van der Waals surface area contributed by atoms with E-state index in [4.69, 9.17) is 0 Å². The van der Waals surface area contributed by atoms with Gasteiger partial charge in [-0.3, -0.25) is 9.59 Å². The lowest BCUT2D eigenvalue weighted by molar-refractivity contribution is -0.114. The van der Waals surface area contributed by atoms with Gasteiger partial charge in [0, 0.05) is 35.6 Å². The molecule has 2 aliphatic rings. The highest BCUT2D eigenvalue weighted by Crippen LogP contribution is 2.35. The first-order valence-corrected chi connectivity index (χ1v) is 10.4. The molecule has 1 aromatic heterocycles. The molecular formula is C19H21N3O2S2. The summed E-state index contributed by atoms with van der Waals surface area (Å²) in [5.41, 5.74) is 0.779. The van der Waals surface area contributed by atoms with Crippen LogP contribution >= 0.6 is 23.1 Å². The summed E-state index contributed by atoms with van der Waals surface area (Å²) in [6.45, 7) is 1.50. The van der Waals surface area contributed by atoms with Crippen LogP contribution in [0.1, 0.15) is 35.9 Å². The molecule has 2 amide bonds. The van der Waals surface area contributed by atoms with Gasteiger partial charge in [-0.05, 0) is 49.6 Å². The van der Waals surface area contributed by atoms with Crippen LogP contribution in [-0.4, -0.2) is 29.9 Å². The minimum absolute atomic E-state index is 0.0215. The van der Waals surface area contributed by atoms with E-state index in [1.807, 2.05) is 36.4 Å². The van der Waals surface area contributed by atoms with Crippen LogP contribution in [0.4, 0.5) is 5.69 Å². The topological polar surface area (TPSA) is 70.2 Å². The number of rotatable bonds is 5. The molecule has 5 nitrogen and oxygen atoms in total. The SMILES string of the molecule is CC(=O)Nc1cccc(Sc2ccc(C(=O)N[C@@H]3C[C@H]4CC[C@@H]3N4)s2)c1. The van der Waals surface area contributed by atoms with E-state index in [0.29, 0.717) is 12.1 Å². The third-order valence-corrected chi connectivity index (χ3v) is 7.00. The Morgan fingerprint density at radius 2 is 2.12 bits per heavy atom. The second-order valence-electron chi connectivity index (χ2n) is 6.79. The van der Waals surface area contributed by atoms with E-state index in [1.54, 1.807) is 11.8 Å². The van der Waals surface area contributed by atoms with Crippen molar-refractivity contribution in [3.05, 3.63) is 41.3 Å². The molecule has 2 aliphatic heterocycles. The standard InChI is InChI=1S/C19H21N3O2S2/c1-11(23)20-12-3-2-4-14(9-12)25-18-8-7-17(26-18)19(24)22-16-10-13-5-6-15(16)21-13/h2-4,7-9,13,15-16,21H,5-6,10H2,1H3,(H,20,23)(H,22,24)/t13-,15+,16-/m1/s1. The number of carbonyl (C=O) groups excluding carboxylic acids is 2. The van der Waals surface area contributed by atoms with Gasteiger partial charge in [0.1, 0.15) is 0 Å². The van der Waals surface area contributed by atoms with Crippen molar-refractivity contribution in [3.8, 4) is 0 Å². The molecule has 136 valence electrons. The van der Waals surface area contributed by atoms with E-state index in [1.165, 1.54) is 24.7 Å². The smallest absolute Gasteiger partial charge is 0.261 e. The molecular weight excluding hydrogens is 366 g/mol. The van der Waals surface area contributed by atoms with Gasteiger partial charge < -0.3 is 16.0 Å². The molecule has 0 aliphatic carbocycles. The van der Waals surface area contributed by atoms with Crippen molar-refractivity contribution in [2.45, 2.75) is 53.4 Å². The van der Waals surface area contributed by atoms with Gasteiger partial charge in [-0.1, -0.05) is 17.8 Å². The molecule has 3 atom stereocenters. The van der Waals surface area contributed by atoms with Crippen molar-refractivity contribution in [2.24, 2.45) is 0 Å². The number of anilines is 1. The van der Waals surface area contributed by atoms with Gasteiger partial charge in [-0.2, -0.15) is 0 Å². The molecule has 2 aromatic rings. The van der Waals surface area contributed by atoms with Crippen molar-refractivity contribution in [3.63, 3.8) is 0 Å². The number of carbonyl (C=O) groups is 2. The zero-order chi connectivity index (χ0) is 18.1. The second kappa shape index (κ2) is 7.42. The first kappa shape index (κ1) is 17.6. The van der Waals surface area contributed by atoms with Crippen LogP contribution in [0.2, 0.25) is 0 Å². The summed E-state index contributed by atoms with van der Waals surface area (Å²) in [6, 6.07) is 12.9. The van der Waals surface area contributed by atoms with Crippen LogP contribution in [0.15, 0.2) is 45.5 Å². The number of hydrogen-bond acceptors (Lipinski definition) is 5. The fraction of sp³-hybridized carbons (Fsp3) is 0.368. The summed E-state index contributed by atoms with van der Waals surface area (Å²) in [7, 11) is 0. The van der Waals surface area contributed by atoms with E-state index in [0.717, 1.165) is 32.5 Å². The Bertz CT molecular complexity index is 836. The minimum atomic E-state index is -0.0858. The number of amides is 2. The summed E-state index contributed by atoms with van der Waals surface area (Å²) in [5, 5.41) is 9.52. The maximum Gasteiger partial charge on any atom is 0.261 e. The van der Waals surface area contributed by atoms with Crippen LogP contribution in [0.3, 0.4) is 0 Å². The number of nitrogens with one attached hydrogen (secondary N) is 3. The van der Waals surface area contributed by atoms with Crippen LogP contribution < -0.4 is 16.0 Å². The Morgan fingerprint density at radius 3 is 2.85 bits per heavy atom. The molecule has 0 radical (unpaired) electrons. The first-order valence-electron chi connectivity index (χ1n) is 8.79.